The molecule has 0 radical (unpaired) electrons. The maximum atomic E-state index is 14.3. The number of aromatic nitrogens is 3. The Hall–Kier alpha value is -5.32. The van der Waals surface area contributed by atoms with Crippen LogP contribution in [0.25, 0.3) is 33.4 Å². The largest absolute Gasteiger partial charge is 0.480 e. The van der Waals surface area contributed by atoms with Gasteiger partial charge in [0.2, 0.25) is 5.88 Å². The molecule has 1 aliphatic carbocycles. The number of piperidine rings is 1. The number of halogens is 2. The van der Waals surface area contributed by atoms with Crippen LogP contribution in [0.15, 0.2) is 48.9 Å². The Morgan fingerprint density at radius 2 is 1.92 bits per heavy atom. The van der Waals surface area contributed by atoms with Crippen LogP contribution in [0.1, 0.15) is 47.2 Å². The first kappa shape index (κ1) is 35.5. The van der Waals surface area contributed by atoms with E-state index < -0.39 is 23.3 Å². The highest BCUT2D eigenvalue weighted by atomic mass is 19.1. The van der Waals surface area contributed by atoms with Crippen LogP contribution in [0, 0.1) is 18.8 Å². The maximum absolute atomic E-state index is 14.3. The second-order valence-electron chi connectivity index (χ2n) is 13.2. The van der Waals surface area contributed by atoms with Crippen molar-refractivity contribution in [3.8, 4) is 40.2 Å². The van der Waals surface area contributed by atoms with Gasteiger partial charge in [-0.1, -0.05) is 24.5 Å². The van der Waals surface area contributed by atoms with E-state index in [4.69, 9.17) is 20.2 Å². The fourth-order valence-corrected chi connectivity index (χ4v) is 6.37. The van der Waals surface area contributed by atoms with Gasteiger partial charge in [-0.05, 0) is 69.5 Å². The number of benzene rings is 1. The highest BCUT2D eigenvalue weighted by Crippen LogP contribution is 2.44. The number of nitrogens with one attached hydrogen (secondary N) is 2. The average molecular weight is 698 g/mol. The molecule has 2 aliphatic rings. The first-order chi connectivity index (χ1) is 24.4. The van der Waals surface area contributed by atoms with Crippen molar-refractivity contribution in [3.05, 3.63) is 65.6 Å². The molecule has 1 aliphatic heterocycles. The molecule has 1 aromatic carbocycles. The monoisotopic (exact) mass is 697 g/mol. The van der Waals surface area contributed by atoms with Crippen molar-refractivity contribution in [3.63, 3.8) is 0 Å². The minimum absolute atomic E-state index is 0.0476. The van der Waals surface area contributed by atoms with E-state index in [9.17, 15) is 18.4 Å². The number of anilines is 2. The van der Waals surface area contributed by atoms with Gasteiger partial charge >= 0.3 is 0 Å². The van der Waals surface area contributed by atoms with Crippen molar-refractivity contribution in [2.45, 2.75) is 44.4 Å². The molecule has 4 N–H and O–H groups in total. The van der Waals surface area contributed by atoms with Crippen molar-refractivity contribution in [2.24, 2.45) is 7.05 Å². The van der Waals surface area contributed by atoms with Crippen LogP contribution in [-0.4, -0.2) is 83.4 Å². The number of nitrogen functional groups attached to an aromatic ring is 1. The van der Waals surface area contributed by atoms with E-state index in [1.165, 1.54) is 7.11 Å². The minimum atomic E-state index is -1.37. The van der Waals surface area contributed by atoms with Gasteiger partial charge in [-0.15, -0.1) is 0 Å². The number of pyridine rings is 2. The van der Waals surface area contributed by atoms with E-state index in [2.05, 4.69) is 46.0 Å². The number of nitrogens with zero attached hydrogens (tertiary/aromatic N) is 4. The quantitative estimate of drug-likeness (QED) is 0.150. The molecule has 4 heterocycles. The second-order valence-corrected chi connectivity index (χ2v) is 13.2. The van der Waals surface area contributed by atoms with Crippen LogP contribution in [0.2, 0.25) is 0 Å². The van der Waals surface area contributed by atoms with E-state index >= 15 is 0 Å². The van der Waals surface area contributed by atoms with Gasteiger partial charge < -0.3 is 35.3 Å². The summed E-state index contributed by atoms with van der Waals surface area (Å²) in [6.45, 7) is 7.06. The third kappa shape index (κ3) is 7.57. The van der Waals surface area contributed by atoms with Gasteiger partial charge in [-0.25, -0.2) is 18.7 Å². The lowest BCUT2D eigenvalue weighted by Gasteiger charge is -2.28. The summed E-state index contributed by atoms with van der Waals surface area (Å²) in [5.74, 6) is 4.13. The van der Waals surface area contributed by atoms with Crippen molar-refractivity contribution >= 4 is 34.2 Å². The average Bonchev–Trinajstić information content (AvgIpc) is 3.77. The number of amides is 2. The fourth-order valence-electron chi connectivity index (χ4n) is 6.37. The highest BCUT2D eigenvalue weighted by Gasteiger charge is 2.43. The molecule has 3 aromatic heterocycles. The first-order valence-corrected chi connectivity index (χ1v) is 16.7. The molecular weight excluding hydrogens is 656 g/mol. The van der Waals surface area contributed by atoms with Gasteiger partial charge in [0.25, 0.3) is 11.8 Å². The van der Waals surface area contributed by atoms with E-state index in [0.717, 1.165) is 37.1 Å². The van der Waals surface area contributed by atoms with Gasteiger partial charge in [0.05, 0.1) is 47.6 Å². The molecule has 4 aromatic rings. The molecule has 266 valence electrons. The number of likely N-dealkylation sites (tertiary alicyclic amines) is 1. The van der Waals surface area contributed by atoms with Crippen LogP contribution in [-0.2, 0) is 16.6 Å². The van der Waals surface area contributed by atoms with Crippen molar-refractivity contribution in [2.75, 3.05) is 51.4 Å². The third-order valence-corrected chi connectivity index (χ3v) is 9.42. The molecule has 0 atom stereocenters. The van der Waals surface area contributed by atoms with Crippen LogP contribution < -0.4 is 21.1 Å². The Morgan fingerprint density at radius 3 is 2.59 bits per heavy atom. The molecule has 0 unspecified atom stereocenters. The second kappa shape index (κ2) is 14.5. The summed E-state index contributed by atoms with van der Waals surface area (Å²) in [6.07, 6.45) is 4.52. The molecule has 13 heteroatoms. The molecule has 2 fully saturated rings. The lowest BCUT2D eigenvalue weighted by Crippen LogP contribution is -2.34. The van der Waals surface area contributed by atoms with Crippen LogP contribution >= 0.6 is 0 Å². The summed E-state index contributed by atoms with van der Waals surface area (Å²) >= 11 is 0. The third-order valence-electron chi connectivity index (χ3n) is 9.42. The number of methoxy groups -OCH3 is 1. The lowest BCUT2D eigenvalue weighted by atomic mass is 9.97. The smallest absolute Gasteiger partial charge is 0.283 e. The topological polar surface area (TPSA) is 137 Å². The summed E-state index contributed by atoms with van der Waals surface area (Å²) in [5, 5.41) is 5.74. The highest BCUT2D eigenvalue weighted by molar-refractivity contribution is 6.11. The number of nitrogens with two attached hydrogens (primary N) is 1. The number of rotatable bonds is 10. The summed E-state index contributed by atoms with van der Waals surface area (Å²) in [4.78, 5) is 36.6. The number of carbonyl (C=O) groups excluding carboxylic acids is 2. The molecular formula is C38H41F2N7O4. The molecule has 0 bridgehead atoms. The normalized spacial score (nSPS) is 15.6. The summed E-state index contributed by atoms with van der Waals surface area (Å²) in [7, 11) is 5.39. The van der Waals surface area contributed by atoms with Crippen molar-refractivity contribution < 1.29 is 27.8 Å². The Kier molecular flexibility index (Phi) is 10.1. The number of hydrogen-bond acceptors (Lipinski definition) is 8. The zero-order chi connectivity index (χ0) is 36.4. The number of alkyl halides is 1. The number of aryl methyl sites for hydroxylation is 2. The van der Waals surface area contributed by atoms with Gasteiger partial charge in [-0.3, -0.25) is 9.59 Å². The molecule has 1 saturated carbocycles. The Balaban J connectivity index is 1.45. The van der Waals surface area contributed by atoms with Crippen LogP contribution in [0.4, 0.5) is 20.3 Å². The standard InChI is InChI=1S/C38H41F2N7O4/c1-22-19-25(44-35(48)23(2)39)8-9-27(22)33-30(29-11-10-28(37(45-29)50-5)36(49)43-21-38(40)14-15-38)31-32(47(33)4)24(20-42-34(31)41)7-6-18-51-26-12-16-46(3)17-13-26/h8-11,19-20,26H,2,12-18,21H2,1,3-5H3,(H2,41,42)(H,43,49)(H,44,48). The minimum Gasteiger partial charge on any atom is -0.480 e. The summed E-state index contributed by atoms with van der Waals surface area (Å²) in [5.41, 5.74) is 10.3. The van der Waals surface area contributed by atoms with Crippen LogP contribution in [0.3, 0.4) is 0 Å². The SMILES string of the molecule is C=C(F)C(=O)Nc1ccc(-c2c(-c3ccc(C(=O)NCC4(F)CC4)c(OC)n3)c3c(N)ncc(C#CCOC4CCN(C)CC4)c3n2C)c(C)c1. The molecule has 51 heavy (non-hydrogen) atoms. The first-order valence-electron chi connectivity index (χ1n) is 16.7. The molecule has 11 nitrogen and oxygen atoms in total. The Labute approximate surface area is 295 Å². The molecule has 2 amide bonds. The zero-order valence-electron chi connectivity index (χ0n) is 29.2. The predicted octanol–water partition coefficient (Wildman–Crippen LogP) is 5.32. The van der Waals surface area contributed by atoms with Gasteiger partial charge in [-0.2, -0.15) is 0 Å². The summed E-state index contributed by atoms with van der Waals surface area (Å²) in [6, 6.07) is 8.45. The van der Waals surface area contributed by atoms with E-state index in [-0.39, 0.29) is 36.5 Å². The van der Waals surface area contributed by atoms with E-state index in [0.29, 0.717) is 51.9 Å². The lowest BCUT2D eigenvalue weighted by molar-refractivity contribution is -0.114. The van der Waals surface area contributed by atoms with Crippen molar-refractivity contribution in [1.29, 1.82) is 0 Å². The predicted molar refractivity (Wildman–Crippen MR) is 193 cm³/mol. The zero-order valence-corrected chi connectivity index (χ0v) is 29.2. The van der Waals surface area contributed by atoms with E-state index in [1.54, 1.807) is 36.5 Å². The number of hydrogen-bond donors (Lipinski definition) is 3. The van der Waals surface area contributed by atoms with Crippen LogP contribution in [0.5, 0.6) is 5.88 Å². The maximum Gasteiger partial charge on any atom is 0.283 e. The number of fused-ring (bicyclic) bond motifs is 1. The number of carbonyl (C=O) groups is 2. The van der Waals surface area contributed by atoms with Gasteiger partial charge in [0.15, 0.2) is 5.83 Å². The summed E-state index contributed by atoms with van der Waals surface area (Å²) < 4.78 is 41.3. The molecule has 0 spiro atoms. The fraction of sp³-hybridized carbons (Fsp3) is 0.368. The molecule has 6 rings (SSSR count). The molecule has 1 saturated heterocycles. The van der Waals surface area contributed by atoms with Crippen molar-refractivity contribution in [1.82, 2.24) is 24.8 Å². The Bertz CT molecular complexity index is 2090. The number of ether oxygens (including phenoxy) is 2. The van der Waals surface area contributed by atoms with Gasteiger partial charge in [0.1, 0.15) is 23.7 Å². The van der Waals surface area contributed by atoms with E-state index in [1.807, 2.05) is 18.5 Å². The Morgan fingerprint density at radius 1 is 1.18 bits per heavy atom. The van der Waals surface area contributed by atoms with Gasteiger partial charge in [0, 0.05) is 43.1 Å².